The van der Waals surface area contributed by atoms with Crippen molar-refractivity contribution in [3.8, 4) is 5.75 Å². The van der Waals surface area contributed by atoms with Gasteiger partial charge < -0.3 is 4.74 Å². The van der Waals surface area contributed by atoms with Gasteiger partial charge in [0.15, 0.2) is 10.8 Å². The zero-order chi connectivity index (χ0) is 20.0. The fourth-order valence-corrected chi connectivity index (χ4v) is 5.03. The van der Waals surface area contributed by atoms with Gasteiger partial charge in [0.1, 0.15) is 5.75 Å². The van der Waals surface area contributed by atoms with Gasteiger partial charge in [-0.05, 0) is 30.7 Å². The van der Waals surface area contributed by atoms with Crippen molar-refractivity contribution in [3.05, 3.63) is 48.7 Å². The number of fused-ring (bicyclic) bond motifs is 1. The van der Waals surface area contributed by atoms with E-state index in [2.05, 4.69) is 10.2 Å². The first-order valence-electron chi connectivity index (χ1n) is 9.21. The van der Waals surface area contributed by atoms with Crippen LogP contribution in [-0.4, -0.2) is 52.8 Å². The fourth-order valence-electron chi connectivity index (χ4n) is 2.74. The third-order valence-corrected chi connectivity index (χ3v) is 7.28. The second kappa shape index (κ2) is 9.40. The highest BCUT2D eigenvalue weighted by molar-refractivity contribution is 7.99. The molecule has 3 aromatic rings. The topological polar surface area (TPSA) is 76.8 Å². The molecular formula is C19H24N4O3S2. The molecule has 0 radical (unpaired) electrons. The highest BCUT2D eigenvalue weighted by atomic mass is 32.2. The number of ether oxygens (including phenoxy) is 1. The van der Waals surface area contributed by atoms with Crippen molar-refractivity contribution >= 4 is 27.4 Å². The van der Waals surface area contributed by atoms with E-state index in [4.69, 9.17) is 4.74 Å². The van der Waals surface area contributed by atoms with Gasteiger partial charge in [0.2, 0.25) is 10.0 Å². The number of hydrogen-bond donors (Lipinski definition) is 0. The van der Waals surface area contributed by atoms with Crippen molar-refractivity contribution in [2.45, 2.75) is 30.3 Å². The van der Waals surface area contributed by atoms with Crippen molar-refractivity contribution < 1.29 is 13.2 Å². The molecule has 0 fully saturated rings. The summed E-state index contributed by atoms with van der Waals surface area (Å²) in [5, 5.41) is 8.98. The van der Waals surface area contributed by atoms with Crippen LogP contribution >= 0.6 is 11.8 Å². The number of pyridine rings is 1. The Hall–Kier alpha value is -2.10. The molecule has 0 N–H and O–H groups in total. The summed E-state index contributed by atoms with van der Waals surface area (Å²) in [6.07, 6.45) is 2.44. The predicted octanol–water partition coefficient (Wildman–Crippen LogP) is 3.32. The first-order valence-corrected chi connectivity index (χ1v) is 11.6. The SMILES string of the molecule is CCN(CC)S(=O)(=O)c1ccc2nnc(SCCCOc3ccccc3)n2c1. The van der Waals surface area contributed by atoms with E-state index in [1.54, 1.807) is 22.7 Å². The number of hydrogen-bond acceptors (Lipinski definition) is 6. The largest absolute Gasteiger partial charge is 0.494 e. The lowest BCUT2D eigenvalue weighted by atomic mass is 10.3. The smallest absolute Gasteiger partial charge is 0.244 e. The fraction of sp³-hybridized carbons (Fsp3) is 0.368. The molecule has 2 heterocycles. The highest BCUT2D eigenvalue weighted by Gasteiger charge is 2.22. The summed E-state index contributed by atoms with van der Waals surface area (Å²) >= 11 is 1.53. The normalized spacial score (nSPS) is 12.0. The number of para-hydroxylation sites is 1. The zero-order valence-corrected chi connectivity index (χ0v) is 17.6. The van der Waals surface area contributed by atoms with Crippen LogP contribution in [0.2, 0.25) is 0 Å². The Morgan fingerprint density at radius 3 is 2.54 bits per heavy atom. The average molecular weight is 421 g/mol. The molecule has 9 heteroatoms. The second-order valence-corrected chi connectivity index (χ2v) is 9.03. The summed E-state index contributed by atoms with van der Waals surface area (Å²) in [7, 11) is -3.52. The lowest BCUT2D eigenvalue weighted by molar-refractivity contribution is 0.318. The van der Waals surface area contributed by atoms with Gasteiger partial charge in [-0.25, -0.2) is 8.42 Å². The van der Waals surface area contributed by atoms with Gasteiger partial charge >= 0.3 is 0 Å². The molecule has 150 valence electrons. The van der Waals surface area contributed by atoms with Gasteiger partial charge in [-0.15, -0.1) is 10.2 Å². The van der Waals surface area contributed by atoms with Crippen LogP contribution in [0, 0.1) is 0 Å². The summed E-state index contributed by atoms with van der Waals surface area (Å²) in [4.78, 5) is 0.248. The number of thioether (sulfide) groups is 1. The lowest BCUT2D eigenvalue weighted by Gasteiger charge is -2.18. The maximum Gasteiger partial charge on any atom is 0.244 e. The van der Waals surface area contributed by atoms with Crippen LogP contribution in [0.4, 0.5) is 0 Å². The van der Waals surface area contributed by atoms with Gasteiger partial charge in [0.05, 0.1) is 11.5 Å². The molecule has 1 aromatic carbocycles. The van der Waals surface area contributed by atoms with E-state index in [-0.39, 0.29) is 4.90 Å². The molecule has 0 aliphatic rings. The number of aromatic nitrogens is 3. The van der Waals surface area contributed by atoms with Crippen molar-refractivity contribution in [2.75, 3.05) is 25.4 Å². The Morgan fingerprint density at radius 1 is 1.07 bits per heavy atom. The number of sulfonamides is 1. The minimum absolute atomic E-state index is 0.248. The molecule has 28 heavy (non-hydrogen) atoms. The van der Waals surface area contributed by atoms with Crippen molar-refractivity contribution in [1.82, 2.24) is 18.9 Å². The van der Waals surface area contributed by atoms with Crippen LogP contribution in [0.15, 0.2) is 58.7 Å². The van der Waals surface area contributed by atoms with Crippen LogP contribution in [0.5, 0.6) is 5.75 Å². The van der Waals surface area contributed by atoms with E-state index in [1.807, 2.05) is 44.2 Å². The van der Waals surface area contributed by atoms with E-state index in [0.29, 0.717) is 30.5 Å². The van der Waals surface area contributed by atoms with Crippen LogP contribution in [0.1, 0.15) is 20.3 Å². The molecule has 0 atom stereocenters. The molecule has 3 rings (SSSR count). The molecule has 0 aliphatic carbocycles. The molecule has 0 saturated carbocycles. The molecule has 0 amide bonds. The second-order valence-electron chi connectivity index (χ2n) is 6.03. The van der Waals surface area contributed by atoms with E-state index in [9.17, 15) is 8.42 Å². The van der Waals surface area contributed by atoms with E-state index in [0.717, 1.165) is 17.9 Å². The van der Waals surface area contributed by atoms with Crippen molar-refractivity contribution in [2.24, 2.45) is 0 Å². The molecule has 0 saturated heterocycles. The van der Waals surface area contributed by atoms with Crippen LogP contribution in [0.25, 0.3) is 5.65 Å². The standard InChI is InChI=1S/C19H24N4O3S2/c1-3-22(4-2)28(24,25)17-11-12-18-20-21-19(23(18)15-17)27-14-8-13-26-16-9-6-5-7-10-16/h5-7,9-12,15H,3-4,8,13-14H2,1-2H3. The predicted molar refractivity (Wildman–Crippen MR) is 110 cm³/mol. The summed E-state index contributed by atoms with van der Waals surface area (Å²) in [6, 6.07) is 13.0. The molecule has 0 spiro atoms. The molecular weight excluding hydrogens is 396 g/mol. The Kier molecular flexibility index (Phi) is 6.93. The quantitative estimate of drug-likeness (QED) is 0.370. The van der Waals surface area contributed by atoms with Gasteiger partial charge in [-0.3, -0.25) is 4.40 Å². The van der Waals surface area contributed by atoms with Gasteiger partial charge in [0.25, 0.3) is 0 Å². The van der Waals surface area contributed by atoms with Crippen LogP contribution in [-0.2, 0) is 10.0 Å². The Bertz CT molecular complexity index is 1000. The van der Waals surface area contributed by atoms with E-state index in [1.165, 1.54) is 16.1 Å². The first-order chi connectivity index (χ1) is 13.6. The maximum absolute atomic E-state index is 12.8. The maximum atomic E-state index is 12.8. The van der Waals surface area contributed by atoms with Crippen molar-refractivity contribution in [3.63, 3.8) is 0 Å². The van der Waals surface area contributed by atoms with Crippen LogP contribution in [0.3, 0.4) is 0 Å². The minimum atomic E-state index is -3.52. The summed E-state index contributed by atoms with van der Waals surface area (Å²) in [6.45, 7) is 5.13. The van der Waals surface area contributed by atoms with E-state index < -0.39 is 10.0 Å². The Labute approximate surface area is 169 Å². The van der Waals surface area contributed by atoms with Gasteiger partial charge in [0, 0.05) is 25.0 Å². The number of benzene rings is 1. The zero-order valence-electron chi connectivity index (χ0n) is 16.0. The summed E-state index contributed by atoms with van der Waals surface area (Å²) in [5.41, 5.74) is 0.626. The van der Waals surface area contributed by atoms with Crippen molar-refractivity contribution in [1.29, 1.82) is 0 Å². The molecule has 2 aromatic heterocycles. The molecule has 7 nitrogen and oxygen atoms in total. The molecule has 0 aliphatic heterocycles. The average Bonchev–Trinajstić information content (AvgIpc) is 3.11. The highest BCUT2D eigenvalue weighted by Crippen LogP contribution is 2.22. The van der Waals surface area contributed by atoms with Crippen LogP contribution < -0.4 is 4.74 Å². The summed E-state index contributed by atoms with van der Waals surface area (Å²) in [5.74, 6) is 1.65. The molecule has 0 bridgehead atoms. The third-order valence-electron chi connectivity index (χ3n) is 4.22. The lowest BCUT2D eigenvalue weighted by Crippen LogP contribution is -2.30. The monoisotopic (exact) mass is 420 g/mol. The minimum Gasteiger partial charge on any atom is -0.494 e. The van der Waals surface area contributed by atoms with Gasteiger partial charge in [-0.1, -0.05) is 43.8 Å². The first kappa shape index (κ1) is 20.6. The van der Waals surface area contributed by atoms with E-state index >= 15 is 0 Å². The third kappa shape index (κ3) is 4.65. The number of nitrogens with zero attached hydrogens (tertiary/aromatic N) is 4. The number of rotatable bonds is 10. The Morgan fingerprint density at radius 2 is 1.82 bits per heavy atom. The Balaban J connectivity index is 1.65. The summed E-state index contributed by atoms with van der Waals surface area (Å²) < 4.78 is 34.4. The molecule has 0 unspecified atom stereocenters. The van der Waals surface area contributed by atoms with Gasteiger partial charge in [-0.2, -0.15) is 4.31 Å².